The van der Waals surface area contributed by atoms with E-state index in [2.05, 4.69) is 22.4 Å². The van der Waals surface area contributed by atoms with Gasteiger partial charge >= 0.3 is 0 Å². The Bertz CT molecular complexity index is 857. The van der Waals surface area contributed by atoms with Crippen molar-refractivity contribution < 1.29 is 4.79 Å². The van der Waals surface area contributed by atoms with Crippen molar-refractivity contribution in [3.63, 3.8) is 0 Å². The molecule has 0 unspecified atom stereocenters. The quantitative estimate of drug-likeness (QED) is 0.629. The first kappa shape index (κ1) is 16.9. The standard InChI is InChI=1S/C19H18Cl2N2O/c20-16-9-8-13(10-17(16)21)11-23-19(24)7-3-4-14-12-22-18-6-2-1-5-15(14)18/h1-2,5-6,8-10,12,22H,3-4,7,11H2,(H,23,24). The van der Waals surface area contributed by atoms with Crippen LogP contribution in [0.1, 0.15) is 24.0 Å². The number of rotatable bonds is 6. The normalized spacial score (nSPS) is 10.9. The highest BCUT2D eigenvalue weighted by molar-refractivity contribution is 6.42. The minimum absolute atomic E-state index is 0.0425. The molecule has 0 fully saturated rings. The van der Waals surface area contributed by atoms with Gasteiger partial charge in [0.2, 0.25) is 5.91 Å². The van der Waals surface area contributed by atoms with Gasteiger partial charge in [-0.3, -0.25) is 4.79 Å². The summed E-state index contributed by atoms with van der Waals surface area (Å²) in [4.78, 5) is 15.2. The second-order valence-corrected chi connectivity index (χ2v) is 6.55. The predicted molar refractivity (Wildman–Crippen MR) is 99.5 cm³/mol. The fourth-order valence-electron chi connectivity index (χ4n) is 2.72. The van der Waals surface area contributed by atoms with E-state index in [0.717, 1.165) is 23.9 Å². The first-order valence-electron chi connectivity index (χ1n) is 7.89. The number of hydrogen-bond acceptors (Lipinski definition) is 1. The van der Waals surface area contributed by atoms with Crippen molar-refractivity contribution in [2.75, 3.05) is 0 Å². The number of para-hydroxylation sites is 1. The number of hydrogen-bond donors (Lipinski definition) is 2. The highest BCUT2D eigenvalue weighted by Gasteiger charge is 2.06. The molecule has 0 aliphatic rings. The molecular formula is C19H18Cl2N2O. The lowest BCUT2D eigenvalue weighted by Gasteiger charge is -2.06. The lowest BCUT2D eigenvalue weighted by Crippen LogP contribution is -2.22. The minimum Gasteiger partial charge on any atom is -0.361 e. The van der Waals surface area contributed by atoms with Crippen LogP contribution in [0.4, 0.5) is 0 Å². The van der Waals surface area contributed by atoms with Crippen LogP contribution in [-0.4, -0.2) is 10.9 Å². The number of carbonyl (C=O) groups excluding carboxylic acids is 1. The van der Waals surface area contributed by atoms with Crippen LogP contribution >= 0.6 is 23.2 Å². The van der Waals surface area contributed by atoms with E-state index in [4.69, 9.17) is 23.2 Å². The average Bonchev–Trinajstić information content (AvgIpc) is 2.99. The molecule has 0 saturated carbocycles. The average molecular weight is 361 g/mol. The van der Waals surface area contributed by atoms with E-state index in [1.54, 1.807) is 12.1 Å². The predicted octanol–water partition coefficient (Wildman–Crippen LogP) is 5.11. The summed E-state index contributed by atoms with van der Waals surface area (Å²) >= 11 is 11.9. The number of fused-ring (bicyclic) bond motifs is 1. The van der Waals surface area contributed by atoms with E-state index in [0.29, 0.717) is 23.0 Å². The van der Waals surface area contributed by atoms with Gasteiger partial charge in [0, 0.05) is 30.1 Å². The molecule has 0 atom stereocenters. The zero-order valence-corrected chi connectivity index (χ0v) is 14.6. The molecule has 3 rings (SSSR count). The monoisotopic (exact) mass is 360 g/mol. The van der Waals surface area contributed by atoms with Crippen LogP contribution in [0.15, 0.2) is 48.7 Å². The molecule has 5 heteroatoms. The minimum atomic E-state index is 0.0425. The van der Waals surface area contributed by atoms with Crippen LogP contribution < -0.4 is 5.32 Å². The fourth-order valence-corrected chi connectivity index (χ4v) is 3.04. The maximum Gasteiger partial charge on any atom is 0.220 e. The molecule has 1 heterocycles. The molecule has 2 N–H and O–H groups in total. The summed E-state index contributed by atoms with van der Waals surface area (Å²) in [5.74, 6) is 0.0425. The zero-order chi connectivity index (χ0) is 16.9. The van der Waals surface area contributed by atoms with Crippen LogP contribution in [0.2, 0.25) is 10.0 Å². The Labute approximate surface area is 151 Å². The molecule has 0 bridgehead atoms. The fraction of sp³-hybridized carbons (Fsp3) is 0.211. The van der Waals surface area contributed by atoms with Gasteiger partial charge in [-0.1, -0.05) is 47.5 Å². The zero-order valence-electron chi connectivity index (χ0n) is 13.1. The third-order valence-electron chi connectivity index (χ3n) is 4.00. The molecule has 1 amide bonds. The molecule has 3 nitrogen and oxygen atoms in total. The van der Waals surface area contributed by atoms with E-state index in [1.165, 1.54) is 10.9 Å². The Morgan fingerprint density at radius 2 is 1.92 bits per heavy atom. The SMILES string of the molecule is O=C(CCCc1c[nH]c2ccccc12)NCc1ccc(Cl)c(Cl)c1. The lowest BCUT2D eigenvalue weighted by molar-refractivity contribution is -0.121. The molecule has 0 aliphatic carbocycles. The van der Waals surface area contributed by atoms with Gasteiger partial charge in [0.15, 0.2) is 0 Å². The largest absolute Gasteiger partial charge is 0.361 e. The summed E-state index contributed by atoms with van der Waals surface area (Å²) in [6.45, 7) is 0.461. The molecule has 3 aromatic rings. The van der Waals surface area contributed by atoms with Crippen LogP contribution in [-0.2, 0) is 17.8 Å². The van der Waals surface area contributed by atoms with Gasteiger partial charge in [-0.05, 0) is 42.2 Å². The topological polar surface area (TPSA) is 44.9 Å². The van der Waals surface area contributed by atoms with Gasteiger partial charge < -0.3 is 10.3 Å². The van der Waals surface area contributed by atoms with Crippen molar-refractivity contribution >= 4 is 40.0 Å². The molecule has 0 radical (unpaired) electrons. The number of nitrogens with one attached hydrogen (secondary N) is 2. The number of amides is 1. The summed E-state index contributed by atoms with van der Waals surface area (Å²) in [6, 6.07) is 13.6. The van der Waals surface area contributed by atoms with Crippen molar-refractivity contribution in [2.45, 2.75) is 25.8 Å². The molecule has 0 saturated heterocycles. The Kier molecular flexibility index (Phi) is 5.44. The number of halogens is 2. The number of H-pyrrole nitrogens is 1. The number of carbonyl (C=O) groups is 1. The van der Waals surface area contributed by atoms with Crippen molar-refractivity contribution in [1.82, 2.24) is 10.3 Å². The van der Waals surface area contributed by atoms with E-state index in [1.807, 2.05) is 24.4 Å². The van der Waals surface area contributed by atoms with Crippen molar-refractivity contribution in [3.8, 4) is 0 Å². The van der Waals surface area contributed by atoms with Gasteiger partial charge in [-0.15, -0.1) is 0 Å². The number of aromatic nitrogens is 1. The Morgan fingerprint density at radius 1 is 1.08 bits per heavy atom. The lowest BCUT2D eigenvalue weighted by atomic mass is 10.1. The molecule has 124 valence electrons. The van der Waals surface area contributed by atoms with Gasteiger partial charge in [-0.25, -0.2) is 0 Å². The van der Waals surface area contributed by atoms with Crippen molar-refractivity contribution in [2.24, 2.45) is 0 Å². The van der Waals surface area contributed by atoms with Crippen LogP contribution in [0.25, 0.3) is 10.9 Å². The van der Waals surface area contributed by atoms with E-state index in [9.17, 15) is 4.79 Å². The summed E-state index contributed by atoms with van der Waals surface area (Å²) in [5, 5.41) is 5.17. The summed E-state index contributed by atoms with van der Waals surface area (Å²) in [5.41, 5.74) is 3.33. The van der Waals surface area contributed by atoms with E-state index in [-0.39, 0.29) is 5.91 Å². The number of aryl methyl sites for hydroxylation is 1. The van der Waals surface area contributed by atoms with Crippen molar-refractivity contribution in [3.05, 3.63) is 69.8 Å². The molecular weight excluding hydrogens is 343 g/mol. The second-order valence-electron chi connectivity index (χ2n) is 5.74. The van der Waals surface area contributed by atoms with Crippen LogP contribution in [0.5, 0.6) is 0 Å². The second kappa shape index (κ2) is 7.73. The highest BCUT2D eigenvalue weighted by atomic mass is 35.5. The molecule has 0 aliphatic heterocycles. The van der Waals surface area contributed by atoms with Crippen LogP contribution in [0.3, 0.4) is 0 Å². The maximum atomic E-state index is 12.0. The Balaban J connectivity index is 1.46. The van der Waals surface area contributed by atoms with Crippen LogP contribution in [0, 0.1) is 0 Å². The van der Waals surface area contributed by atoms with Gasteiger partial charge in [0.05, 0.1) is 10.0 Å². The highest BCUT2D eigenvalue weighted by Crippen LogP contribution is 2.22. The molecule has 1 aromatic heterocycles. The maximum absolute atomic E-state index is 12.0. The van der Waals surface area contributed by atoms with Gasteiger partial charge in [-0.2, -0.15) is 0 Å². The molecule has 2 aromatic carbocycles. The first-order valence-corrected chi connectivity index (χ1v) is 8.64. The summed E-state index contributed by atoms with van der Waals surface area (Å²) < 4.78 is 0. The van der Waals surface area contributed by atoms with Gasteiger partial charge in [0.25, 0.3) is 0 Å². The Hall–Kier alpha value is -1.97. The van der Waals surface area contributed by atoms with E-state index >= 15 is 0 Å². The first-order chi connectivity index (χ1) is 11.6. The van der Waals surface area contributed by atoms with Gasteiger partial charge in [0.1, 0.15) is 0 Å². The third-order valence-corrected chi connectivity index (χ3v) is 4.74. The van der Waals surface area contributed by atoms with E-state index < -0.39 is 0 Å². The third kappa shape index (κ3) is 4.11. The molecule has 0 spiro atoms. The Morgan fingerprint density at radius 3 is 2.75 bits per heavy atom. The van der Waals surface area contributed by atoms with Crippen molar-refractivity contribution in [1.29, 1.82) is 0 Å². The molecule has 24 heavy (non-hydrogen) atoms. The summed E-state index contributed by atoms with van der Waals surface area (Å²) in [7, 11) is 0. The smallest absolute Gasteiger partial charge is 0.220 e. The summed E-state index contributed by atoms with van der Waals surface area (Å²) in [6.07, 6.45) is 4.22. The number of benzene rings is 2. The number of aromatic amines is 1.